The summed E-state index contributed by atoms with van der Waals surface area (Å²) in [7, 11) is 0. The maximum Gasteiger partial charge on any atom is 0.291 e. The van der Waals surface area contributed by atoms with E-state index in [1.165, 1.54) is 24.8 Å². The second kappa shape index (κ2) is 7.64. The molecular weight excluding hydrogens is 304 g/mol. The molecule has 0 spiro atoms. The zero-order valence-electron chi connectivity index (χ0n) is 12.7. The van der Waals surface area contributed by atoms with Crippen LogP contribution < -0.4 is 10.2 Å². The Bertz CT molecular complexity index is 836. The highest BCUT2D eigenvalue weighted by Crippen LogP contribution is 2.21. The van der Waals surface area contributed by atoms with Crippen LogP contribution in [0.15, 0.2) is 78.3 Å². The van der Waals surface area contributed by atoms with Gasteiger partial charge in [0, 0.05) is 12.4 Å². The SMILES string of the molecule is O=C(NN=Cc1cccc(Oc2ccccc2)c1)c1cnccn1. The molecule has 6 nitrogen and oxygen atoms in total. The zero-order chi connectivity index (χ0) is 16.6. The molecule has 118 valence electrons. The van der Waals surface area contributed by atoms with Crippen LogP contribution in [0.4, 0.5) is 0 Å². The largest absolute Gasteiger partial charge is 0.457 e. The highest BCUT2D eigenvalue weighted by Gasteiger charge is 2.04. The Morgan fingerprint density at radius 2 is 1.88 bits per heavy atom. The number of nitrogens with zero attached hydrogens (tertiary/aromatic N) is 3. The highest BCUT2D eigenvalue weighted by atomic mass is 16.5. The third kappa shape index (κ3) is 4.23. The maximum atomic E-state index is 11.8. The van der Waals surface area contributed by atoms with E-state index >= 15 is 0 Å². The molecule has 0 unspecified atom stereocenters. The predicted octanol–water partition coefficient (Wildman–Crippen LogP) is 3.03. The van der Waals surface area contributed by atoms with Crippen molar-refractivity contribution in [3.63, 3.8) is 0 Å². The van der Waals surface area contributed by atoms with Gasteiger partial charge in [0.25, 0.3) is 5.91 Å². The van der Waals surface area contributed by atoms with Crippen molar-refractivity contribution in [1.29, 1.82) is 0 Å². The van der Waals surface area contributed by atoms with E-state index in [4.69, 9.17) is 4.74 Å². The summed E-state index contributed by atoms with van der Waals surface area (Å²) in [5.74, 6) is 1.02. The number of amides is 1. The van der Waals surface area contributed by atoms with Gasteiger partial charge in [0.15, 0.2) is 0 Å². The highest BCUT2D eigenvalue weighted by molar-refractivity contribution is 5.92. The molecule has 0 radical (unpaired) electrons. The molecule has 3 aromatic rings. The number of benzene rings is 2. The van der Waals surface area contributed by atoms with Crippen molar-refractivity contribution in [3.05, 3.63) is 84.4 Å². The first-order valence-corrected chi connectivity index (χ1v) is 7.24. The molecule has 24 heavy (non-hydrogen) atoms. The van der Waals surface area contributed by atoms with Gasteiger partial charge in [-0.05, 0) is 29.8 Å². The van der Waals surface area contributed by atoms with E-state index in [2.05, 4.69) is 20.5 Å². The molecule has 2 aromatic carbocycles. The van der Waals surface area contributed by atoms with Crippen LogP contribution in [0.2, 0.25) is 0 Å². The van der Waals surface area contributed by atoms with Crippen LogP contribution >= 0.6 is 0 Å². The normalized spacial score (nSPS) is 10.5. The average molecular weight is 318 g/mol. The Morgan fingerprint density at radius 3 is 2.67 bits per heavy atom. The number of hydrogen-bond acceptors (Lipinski definition) is 5. The number of ether oxygens (including phenoxy) is 1. The quantitative estimate of drug-likeness (QED) is 0.579. The molecule has 0 atom stereocenters. The number of hydrogen-bond donors (Lipinski definition) is 1. The van der Waals surface area contributed by atoms with Crippen LogP contribution in [-0.4, -0.2) is 22.1 Å². The van der Waals surface area contributed by atoms with Crippen molar-refractivity contribution in [2.45, 2.75) is 0 Å². The van der Waals surface area contributed by atoms with Gasteiger partial charge in [0.05, 0.1) is 12.4 Å². The molecule has 1 aromatic heterocycles. The predicted molar refractivity (Wildman–Crippen MR) is 90.1 cm³/mol. The van der Waals surface area contributed by atoms with Crippen molar-refractivity contribution in [3.8, 4) is 11.5 Å². The molecule has 0 aliphatic heterocycles. The van der Waals surface area contributed by atoms with Gasteiger partial charge in [-0.15, -0.1) is 0 Å². The fraction of sp³-hybridized carbons (Fsp3) is 0. The molecule has 6 heteroatoms. The van der Waals surface area contributed by atoms with Crippen LogP contribution in [0.25, 0.3) is 0 Å². The summed E-state index contributed by atoms with van der Waals surface area (Å²) in [4.78, 5) is 19.5. The van der Waals surface area contributed by atoms with Gasteiger partial charge in [0.1, 0.15) is 17.2 Å². The molecule has 1 heterocycles. The number of rotatable bonds is 5. The second-order valence-corrected chi connectivity index (χ2v) is 4.78. The molecule has 0 fully saturated rings. The first-order chi connectivity index (χ1) is 11.8. The van der Waals surface area contributed by atoms with Crippen molar-refractivity contribution in [1.82, 2.24) is 15.4 Å². The Hall–Kier alpha value is -3.54. The Labute approximate surface area is 138 Å². The van der Waals surface area contributed by atoms with Crippen LogP contribution in [0.3, 0.4) is 0 Å². The Balaban J connectivity index is 1.63. The monoisotopic (exact) mass is 318 g/mol. The van der Waals surface area contributed by atoms with Gasteiger partial charge >= 0.3 is 0 Å². The van der Waals surface area contributed by atoms with E-state index in [0.717, 1.165) is 11.3 Å². The summed E-state index contributed by atoms with van der Waals surface area (Å²) in [6, 6.07) is 16.9. The lowest BCUT2D eigenvalue weighted by Gasteiger charge is -2.05. The molecule has 0 aliphatic carbocycles. The van der Waals surface area contributed by atoms with Crippen molar-refractivity contribution in [2.75, 3.05) is 0 Å². The van der Waals surface area contributed by atoms with Gasteiger partial charge < -0.3 is 4.74 Å². The van der Waals surface area contributed by atoms with Crippen LogP contribution in [0.1, 0.15) is 16.1 Å². The molecular formula is C18H14N4O2. The summed E-state index contributed by atoms with van der Waals surface area (Å²) in [6.07, 6.45) is 5.85. The van der Waals surface area contributed by atoms with Gasteiger partial charge in [-0.1, -0.05) is 30.3 Å². The fourth-order valence-corrected chi connectivity index (χ4v) is 1.92. The minimum atomic E-state index is -0.420. The molecule has 0 aliphatic rings. The summed E-state index contributed by atoms with van der Waals surface area (Å²) >= 11 is 0. The average Bonchev–Trinajstić information content (AvgIpc) is 2.63. The minimum Gasteiger partial charge on any atom is -0.457 e. The number of para-hydroxylation sites is 1. The van der Waals surface area contributed by atoms with E-state index in [1.807, 2.05) is 54.6 Å². The van der Waals surface area contributed by atoms with Crippen molar-refractivity contribution < 1.29 is 9.53 Å². The van der Waals surface area contributed by atoms with Gasteiger partial charge in [-0.2, -0.15) is 5.10 Å². The molecule has 1 N–H and O–H groups in total. The molecule has 3 rings (SSSR count). The van der Waals surface area contributed by atoms with Gasteiger partial charge in [-0.25, -0.2) is 10.4 Å². The zero-order valence-corrected chi connectivity index (χ0v) is 12.7. The molecule has 1 amide bonds. The maximum absolute atomic E-state index is 11.8. The van der Waals surface area contributed by atoms with Crippen LogP contribution in [0.5, 0.6) is 11.5 Å². The lowest BCUT2D eigenvalue weighted by atomic mass is 10.2. The second-order valence-electron chi connectivity index (χ2n) is 4.78. The Morgan fingerprint density at radius 1 is 1.04 bits per heavy atom. The number of hydrazone groups is 1. The molecule has 0 saturated heterocycles. The smallest absolute Gasteiger partial charge is 0.291 e. The topological polar surface area (TPSA) is 76.5 Å². The third-order valence-electron chi connectivity index (χ3n) is 3.01. The van der Waals surface area contributed by atoms with E-state index in [1.54, 1.807) is 0 Å². The number of nitrogens with one attached hydrogen (secondary N) is 1. The molecule has 0 bridgehead atoms. The van der Waals surface area contributed by atoms with E-state index in [-0.39, 0.29) is 5.69 Å². The van der Waals surface area contributed by atoms with Crippen LogP contribution in [-0.2, 0) is 0 Å². The fourth-order valence-electron chi connectivity index (χ4n) is 1.92. The van der Waals surface area contributed by atoms with Gasteiger partial charge in [0.2, 0.25) is 0 Å². The third-order valence-corrected chi connectivity index (χ3v) is 3.01. The summed E-state index contributed by atoms with van der Waals surface area (Å²) in [5.41, 5.74) is 3.40. The first kappa shape index (κ1) is 15.4. The number of carbonyl (C=O) groups excluding carboxylic acids is 1. The van der Waals surface area contributed by atoms with Crippen molar-refractivity contribution >= 4 is 12.1 Å². The van der Waals surface area contributed by atoms with Crippen molar-refractivity contribution in [2.24, 2.45) is 5.10 Å². The summed E-state index contributed by atoms with van der Waals surface area (Å²) in [6.45, 7) is 0. The van der Waals surface area contributed by atoms with Gasteiger partial charge in [-0.3, -0.25) is 9.78 Å². The lowest BCUT2D eigenvalue weighted by Crippen LogP contribution is -2.19. The van der Waals surface area contributed by atoms with E-state index in [0.29, 0.717) is 5.75 Å². The number of aromatic nitrogens is 2. The van der Waals surface area contributed by atoms with Crippen LogP contribution in [0, 0.1) is 0 Å². The number of carbonyl (C=O) groups is 1. The standard InChI is InChI=1S/C18H14N4O2/c23-18(17-13-19-9-10-20-17)22-21-12-14-5-4-8-16(11-14)24-15-6-2-1-3-7-15/h1-13H,(H,22,23). The summed E-state index contributed by atoms with van der Waals surface area (Å²) in [5, 5.41) is 3.92. The van der Waals surface area contributed by atoms with E-state index in [9.17, 15) is 4.79 Å². The Kier molecular flexibility index (Phi) is 4.89. The molecule has 0 saturated carbocycles. The van der Waals surface area contributed by atoms with E-state index < -0.39 is 5.91 Å². The minimum absolute atomic E-state index is 0.204. The summed E-state index contributed by atoms with van der Waals surface area (Å²) < 4.78 is 5.75. The first-order valence-electron chi connectivity index (χ1n) is 7.24. The lowest BCUT2D eigenvalue weighted by molar-refractivity contribution is 0.0949.